The summed E-state index contributed by atoms with van der Waals surface area (Å²) in [5.74, 6) is -1.20. The monoisotopic (exact) mass is 506 g/mol. The van der Waals surface area contributed by atoms with Crippen molar-refractivity contribution in [2.75, 3.05) is 10.6 Å². The Balaban J connectivity index is 1.56. The molecule has 0 bridgehead atoms. The van der Waals surface area contributed by atoms with Crippen LogP contribution in [0.3, 0.4) is 0 Å². The molecule has 0 aliphatic heterocycles. The molecule has 0 unspecified atom stereocenters. The van der Waals surface area contributed by atoms with E-state index in [0.717, 1.165) is 0 Å². The SMILES string of the molecule is O=C(Cl)c1ccc(NC(=O)c2ccc3cc(O)c(C(=O)Nc4ccc(C(=O)Cl)cc4)cc3c2)cc1. The number of hydrogen-bond acceptors (Lipinski definition) is 5. The molecular weight excluding hydrogens is 491 g/mol. The van der Waals surface area contributed by atoms with E-state index in [4.69, 9.17) is 23.2 Å². The van der Waals surface area contributed by atoms with Gasteiger partial charge in [-0.1, -0.05) is 6.07 Å². The van der Waals surface area contributed by atoms with Gasteiger partial charge in [0, 0.05) is 28.1 Å². The zero-order chi connectivity index (χ0) is 25.1. The first-order valence-electron chi connectivity index (χ1n) is 10.2. The summed E-state index contributed by atoms with van der Waals surface area (Å²) in [5, 5.41) is 15.7. The van der Waals surface area contributed by atoms with Crippen LogP contribution >= 0.6 is 23.2 Å². The molecule has 3 N–H and O–H groups in total. The molecule has 0 aliphatic rings. The molecule has 4 aromatic carbocycles. The minimum Gasteiger partial charge on any atom is -0.507 e. The van der Waals surface area contributed by atoms with Crippen LogP contribution in [0.15, 0.2) is 78.9 Å². The molecule has 0 atom stereocenters. The van der Waals surface area contributed by atoms with E-state index in [0.29, 0.717) is 33.3 Å². The first kappa shape index (κ1) is 23.9. The quantitative estimate of drug-likeness (QED) is 0.285. The summed E-state index contributed by atoms with van der Waals surface area (Å²) in [5.41, 5.74) is 1.81. The Labute approximate surface area is 209 Å². The minimum atomic E-state index is -0.614. The Bertz CT molecular complexity index is 1480. The molecule has 2 amide bonds. The molecule has 35 heavy (non-hydrogen) atoms. The molecule has 4 aromatic rings. The lowest BCUT2D eigenvalue weighted by Gasteiger charge is -2.10. The predicted octanol–water partition coefficient (Wildman–Crippen LogP) is 5.81. The van der Waals surface area contributed by atoms with Crippen molar-refractivity contribution in [3.63, 3.8) is 0 Å². The second kappa shape index (κ2) is 9.97. The molecule has 0 radical (unpaired) electrons. The normalized spacial score (nSPS) is 10.6. The molecule has 0 heterocycles. The van der Waals surface area contributed by atoms with Gasteiger partial charge < -0.3 is 15.7 Å². The van der Waals surface area contributed by atoms with Crippen molar-refractivity contribution >= 4 is 67.6 Å². The van der Waals surface area contributed by atoms with E-state index in [1.807, 2.05) is 0 Å². The third-order valence-corrected chi connectivity index (χ3v) is 5.64. The van der Waals surface area contributed by atoms with Gasteiger partial charge in [0.15, 0.2) is 0 Å². The molecule has 0 saturated carbocycles. The molecule has 0 spiro atoms. The number of hydrogen-bond donors (Lipinski definition) is 3. The highest BCUT2D eigenvalue weighted by molar-refractivity contribution is 6.68. The number of anilines is 2. The zero-order valence-corrected chi connectivity index (χ0v) is 19.4. The van der Waals surface area contributed by atoms with Crippen molar-refractivity contribution in [1.29, 1.82) is 0 Å². The van der Waals surface area contributed by atoms with Crippen LogP contribution < -0.4 is 10.6 Å². The number of amides is 2. The predicted molar refractivity (Wildman–Crippen MR) is 135 cm³/mol. The largest absolute Gasteiger partial charge is 0.507 e. The number of aromatic hydroxyl groups is 1. The lowest BCUT2D eigenvalue weighted by atomic mass is 10.0. The number of phenolic OH excluding ortho intramolecular Hbond substituents is 1. The average molecular weight is 507 g/mol. The van der Waals surface area contributed by atoms with Gasteiger partial charge in [0.25, 0.3) is 22.3 Å². The van der Waals surface area contributed by atoms with Crippen molar-refractivity contribution in [2.45, 2.75) is 0 Å². The van der Waals surface area contributed by atoms with Gasteiger partial charge in [0.1, 0.15) is 5.75 Å². The van der Waals surface area contributed by atoms with Gasteiger partial charge in [-0.05, 0) is 107 Å². The van der Waals surface area contributed by atoms with Gasteiger partial charge in [-0.3, -0.25) is 19.2 Å². The van der Waals surface area contributed by atoms with Crippen LogP contribution in [0.2, 0.25) is 0 Å². The Kier molecular flexibility index (Phi) is 6.82. The van der Waals surface area contributed by atoms with Gasteiger partial charge in [-0.2, -0.15) is 0 Å². The smallest absolute Gasteiger partial charge is 0.259 e. The summed E-state index contributed by atoms with van der Waals surface area (Å²) in [7, 11) is 0. The zero-order valence-electron chi connectivity index (χ0n) is 17.8. The number of phenols is 1. The Morgan fingerprint density at radius 1 is 0.571 bits per heavy atom. The van der Waals surface area contributed by atoms with Gasteiger partial charge in [-0.15, -0.1) is 0 Å². The van der Waals surface area contributed by atoms with Crippen LogP contribution in [-0.2, 0) is 0 Å². The highest BCUT2D eigenvalue weighted by Gasteiger charge is 2.15. The lowest BCUT2D eigenvalue weighted by Crippen LogP contribution is -2.13. The Hall–Kier alpha value is -4.20. The fourth-order valence-corrected chi connectivity index (χ4v) is 3.63. The number of halogens is 2. The average Bonchev–Trinajstić information content (AvgIpc) is 2.84. The molecule has 7 nitrogen and oxygen atoms in total. The molecule has 0 saturated heterocycles. The number of rotatable bonds is 6. The number of benzene rings is 4. The van der Waals surface area contributed by atoms with E-state index in [9.17, 15) is 24.3 Å². The van der Waals surface area contributed by atoms with Crippen LogP contribution in [0, 0.1) is 0 Å². The number of carbonyl (C=O) groups excluding carboxylic acids is 4. The van der Waals surface area contributed by atoms with E-state index in [2.05, 4.69) is 10.6 Å². The van der Waals surface area contributed by atoms with Crippen molar-refractivity contribution in [3.8, 4) is 5.75 Å². The molecule has 0 fully saturated rings. The third kappa shape index (κ3) is 5.48. The molecule has 9 heteroatoms. The Morgan fingerprint density at radius 2 is 1.06 bits per heavy atom. The highest BCUT2D eigenvalue weighted by atomic mass is 35.5. The van der Waals surface area contributed by atoms with E-state index in [1.165, 1.54) is 48.5 Å². The van der Waals surface area contributed by atoms with E-state index in [-0.39, 0.29) is 16.9 Å². The first-order valence-corrected chi connectivity index (χ1v) is 11.0. The summed E-state index contributed by atoms with van der Waals surface area (Å²) in [6, 6.07) is 19.9. The highest BCUT2D eigenvalue weighted by Crippen LogP contribution is 2.27. The van der Waals surface area contributed by atoms with E-state index < -0.39 is 22.3 Å². The van der Waals surface area contributed by atoms with Gasteiger partial charge in [-0.25, -0.2) is 0 Å². The summed E-state index contributed by atoms with van der Waals surface area (Å²) in [6.45, 7) is 0. The van der Waals surface area contributed by atoms with Gasteiger partial charge >= 0.3 is 0 Å². The van der Waals surface area contributed by atoms with Crippen LogP contribution in [-0.4, -0.2) is 27.4 Å². The first-order chi connectivity index (χ1) is 16.7. The second-order valence-electron chi connectivity index (χ2n) is 7.54. The Morgan fingerprint density at radius 3 is 1.57 bits per heavy atom. The molecule has 0 aromatic heterocycles. The number of fused-ring (bicyclic) bond motifs is 1. The summed E-state index contributed by atoms with van der Waals surface area (Å²) < 4.78 is 0. The van der Waals surface area contributed by atoms with Gasteiger partial charge in [0.2, 0.25) is 0 Å². The fraction of sp³-hybridized carbons (Fsp3) is 0. The van der Waals surface area contributed by atoms with Crippen LogP contribution in [0.1, 0.15) is 41.4 Å². The maximum absolute atomic E-state index is 12.8. The number of carbonyl (C=O) groups is 4. The molecule has 174 valence electrons. The third-order valence-electron chi connectivity index (χ3n) is 5.20. The molecular formula is C26H16Cl2N2O5. The molecule has 0 aliphatic carbocycles. The fourth-order valence-electron chi connectivity index (χ4n) is 3.38. The van der Waals surface area contributed by atoms with Crippen molar-refractivity contribution < 1.29 is 24.3 Å². The van der Waals surface area contributed by atoms with E-state index >= 15 is 0 Å². The molecule has 4 rings (SSSR count). The topological polar surface area (TPSA) is 113 Å². The van der Waals surface area contributed by atoms with Crippen molar-refractivity contribution in [3.05, 3.63) is 101 Å². The van der Waals surface area contributed by atoms with Crippen LogP contribution in [0.5, 0.6) is 5.75 Å². The standard InChI is InChI=1S/C26H16Cl2N2O5/c27-23(32)14-3-7-19(8-4-14)29-25(34)17-2-1-16-13-22(31)21(12-18(16)11-17)26(35)30-20-9-5-15(6-10-20)24(28)33/h1-13,31H,(H,29,34)(H,30,35). The lowest BCUT2D eigenvalue weighted by molar-refractivity contribution is 0.101. The maximum Gasteiger partial charge on any atom is 0.259 e. The minimum absolute atomic E-state index is 0.00823. The summed E-state index contributed by atoms with van der Waals surface area (Å²) in [6.07, 6.45) is 0. The number of nitrogens with one attached hydrogen (secondary N) is 2. The summed E-state index contributed by atoms with van der Waals surface area (Å²) in [4.78, 5) is 47.8. The van der Waals surface area contributed by atoms with Gasteiger partial charge in [0.05, 0.1) is 5.56 Å². The van der Waals surface area contributed by atoms with Crippen LogP contribution in [0.4, 0.5) is 11.4 Å². The van der Waals surface area contributed by atoms with Crippen molar-refractivity contribution in [1.82, 2.24) is 0 Å². The summed E-state index contributed by atoms with van der Waals surface area (Å²) >= 11 is 10.9. The van der Waals surface area contributed by atoms with Crippen LogP contribution in [0.25, 0.3) is 10.8 Å². The maximum atomic E-state index is 12.8. The van der Waals surface area contributed by atoms with E-state index in [1.54, 1.807) is 30.3 Å². The second-order valence-corrected chi connectivity index (χ2v) is 8.23. The van der Waals surface area contributed by atoms with Crippen molar-refractivity contribution in [2.24, 2.45) is 0 Å².